The van der Waals surface area contributed by atoms with Gasteiger partial charge in [-0.1, -0.05) is 51.8 Å². The lowest BCUT2D eigenvalue weighted by Crippen LogP contribution is -1.83. The molecule has 0 amide bonds. The topological polar surface area (TPSA) is 4.93 Å². The standard InChI is InChI=1S/C13H17N.C3H8/c1-3-4-7-11-10-14(2)13-9-6-5-8-12(11)13;1-3-2/h5-6,8-10H,3-4,7H2,1-2H3;3H2,1-2H3. The quantitative estimate of drug-likeness (QED) is 0.705. The summed E-state index contributed by atoms with van der Waals surface area (Å²) in [6.45, 7) is 6.49. The molecule has 0 aliphatic heterocycles. The molecule has 0 saturated carbocycles. The maximum atomic E-state index is 2.26. The predicted octanol–water partition coefficient (Wildman–Crippen LogP) is 4.94. The van der Waals surface area contributed by atoms with Crippen molar-refractivity contribution in [1.29, 1.82) is 0 Å². The second-order valence-electron chi connectivity index (χ2n) is 4.59. The van der Waals surface area contributed by atoms with Gasteiger partial charge < -0.3 is 4.57 Å². The van der Waals surface area contributed by atoms with E-state index in [1.165, 1.54) is 42.1 Å². The molecule has 2 rings (SSSR count). The molecule has 94 valence electrons. The van der Waals surface area contributed by atoms with E-state index in [4.69, 9.17) is 0 Å². The molecule has 0 N–H and O–H groups in total. The van der Waals surface area contributed by atoms with E-state index < -0.39 is 0 Å². The number of aryl methyl sites for hydroxylation is 2. The molecule has 0 spiro atoms. The fourth-order valence-electron chi connectivity index (χ4n) is 1.99. The number of benzene rings is 1. The van der Waals surface area contributed by atoms with Crippen LogP contribution in [0.25, 0.3) is 10.9 Å². The van der Waals surface area contributed by atoms with Crippen molar-refractivity contribution >= 4 is 10.9 Å². The van der Waals surface area contributed by atoms with Gasteiger partial charge in [-0.15, -0.1) is 0 Å². The Morgan fingerprint density at radius 3 is 2.35 bits per heavy atom. The summed E-state index contributed by atoms with van der Waals surface area (Å²) in [6.07, 6.45) is 7.27. The van der Waals surface area contributed by atoms with Crippen molar-refractivity contribution in [2.24, 2.45) is 7.05 Å². The average Bonchev–Trinajstić information content (AvgIpc) is 2.66. The first-order chi connectivity index (χ1) is 8.24. The van der Waals surface area contributed by atoms with Gasteiger partial charge in [-0.05, 0) is 24.5 Å². The molecule has 0 atom stereocenters. The van der Waals surface area contributed by atoms with Crippen molar-refractivity contribution in [3.05, 3.63) is 36.0 Å². The highest BCUT2D eigenvalue weighted by Gasteiger charge is 2.04. The van der Waals surface area contributed by atoms with Crippen LogP contribution in [0.2, 0.25) is 0 Å². The molecular weight excluding hydrogens is 206 g/mol. The first-order valence-corrected chi connectivity index (χ1v) is 6.77. The van der Waals surface area contributed by atoms with Crippen LogP contribution < -0.4 is 0 Å². The summed E-state index contributed by atoms with van der Waals surface area (Å²) in [5.41, 5.74) is 2.84. The Bertz CT molecular complexity index is 440. The molecule has 2 aromatic rings. The molecule has 1 heteroatoms. The van der Waals surface area contributed by atoms with Crippen molar-refractivity contribution < 1.29 is 0 Å². The third-order valence-corrected chi connectivity index (χ3v) is 2.78. The maximum Gasteiger partial charge on any atom is 0.0480 e. The van der Waals surface area contributed by atoms with Crippen LogP contribution >= 0.6 is 0 Å². The number of aromatic nitrogens is 1. The molecule has 0 aliphatic rings. The Morgan fingerprint density at radius 2 is 1.71 bits per heavy atom. The molecule has 0 saturated heterocycles. The van der Waals surface area contributed by atoms with E-state index in [2.05, 4.69) is 62.8 Å². The van der Waals surface area contributed by atoms with Gasteiger partial charge in [0.2, 0.25) is 0 Å². The Balaban J connectivity index is 0.000000437. The summed E-state index contributed by atoms with van der Waals surface area (Å²) >= 11 is 0. The second kappa shape index (κ2) is 7.16. The van der Waals surface area contributed by atoms with Crippen LogP contribution in [0, 0.1) is 0 Å². The van der Waals surface area contributed by atoms with Crippen molar-refractivity contribution in [3.8, 4) is 0 Å². The van der Waals surface area contributed by atoms with E-state index in [1.807, 2.05) is 0 Å². The molecule has 0 bridgehead atoms. The largest absolute Gasteiger partial charge is 0.350 e. The van der Waals surface area contributed by atoms with Crippen LogP contribution in [0.5, 0.6) is 0 Å². The van der Waals surface area contributed by atoms with Crippen molar-refractivity contribution in [2.75, 3.05) is 0 Å². The Labute approximate surface area is 105 Å². The monoisotopic (exact) mass is 231 g/mol. The van der Waals surface area contributed by atoms with Gasteiger partial charge in [0.1, 0.15) is 0 Å². The molecule has 0 unspecified atom stereocenters. The zero-order valence-corrected chi connectivity index (χ0v) is 11.7. The average molecular weight is 231 g/mol. The third-order valence-electron chi connectivity index (χ3n) is 2.78. The normalized spacial score (nSPS) is 10.1. The van der Waals surface area contributed by atoms with E-state index in [0.717, 1.165) is 0 Å². The van der Waals surface area contributed by atoms with Crippen molar-refractivity contribution in [3.63, 3.8) is 0 Å². The van der Waals surface area contributed by atoms with Gasteiger partial charge in [0, 0.05) is 24.1 Å². The number of nitrogens with zero attached hydrogens (tertiary/aromatic N) is 1. The van der Waals surface area contributed by atoms with E-state index in [9.17, 15) is 0 Å². The number of para-hydroxylation sites is 1. The molecule has 0 radical (unpaired) electrons. The van der Waals surface area contributed by atoms with E-state index >= 15 is 0 Å². The summed E-state index contributed by atoms with van der Waals surface area (Å²) < 4.78 is 2.22. The minimum Gasteiger partial charge on any atom is -0.350 e. The summed E-state index contributed by atoms with van der Waals surface area (Å²) in [5, 5.41) is 1.42. The Kier molecular flexibility index (Phi) is 5.82. The highest BCUT2D eigenvalue weighted by Crippen LogP contribution is 2.21. The molecule has 17 heavy (non-hydrogen) atoms. The Morgan fingerprint density at radius 1 is 1.06 bits per heavy atom. The van der Waals surface area contributed by atoms with E-state index in [0.29, 0.717) is 0 Å². The van der Waals surface area contributed by atoms with Crippen LogP contribution in [0.4, 0.5) is 0 Å². The van der Waals surface area contributed by atoms with Crippen LogP contribution in [0.3, 0.4) is 0 Å². The molecule has 1 aromatic heterocycles. The lowest BCUT2D eigenvalue weighted by molar-refractivity contribution is 0.794. The predicted molar refractivity (Wildman–Crippen MR) is 77.5 cm³/mol. The smallest absolute Gasteiger partial charge is 0.0480 e. The van der Waals surface area contributed by atoms with Crippen LogP contribution in [-0.2, 0) is 13.5 Å². The highest BCUT2D eigenvalue weighted by molar-refractivity contribution is 5.83. The molecule has 0 fully saturated rings. The van der Waals surface area contributed by atoms with Gasteiger partial charge in [-0.3, -0.25) is 0 Å². The maximum absolute atomic E-state index is 2.26. The van der Waals surface area contributed by atoms with Gasteiger partial charge in [0.15, 0.2) is 0 Å². The van der Waals surface area contributed by atoms with Gasteiger partial charge in [0.25, 0.3) is 0 Å². The summed E-state index contributed by atoms with van der Waals surface area (Å²) in [6, 6.07) is 8.63. The van der Waals surface area contributed by atoms with Gasteiger partial charge >= 0.3 is 0 Å². The van der Waals surface area contributed by atoms with Gasteiger partial charge in [0.05, 0.1) is 0 Å². The van der Waals surface area contributed by atoms with Crippen LogP contribution in [0.15, 0.2) is 30.5 Å². The molecular formula is C16H25N. The van der Waals surface area contributed by atoms with E-state index in [-0.39, 0.29) is 0 Å². The number of unbranched alkanes of at least 4 members (excludes halogenated alkanes) is 1. The zero-order valence-electron chi connectivity index (χ0n) is 11.7. The number of hydrogen-bond acceptors (Lipinski definition) is 0. The second-order valence-corrected chi connectivity index (χ2v) is 4.59. The summed E-state index contributed by atoms with van der Waals surface area (Å²) in [7, 11) is 2.12. The molecule has 0 aliphatic carbocycles. The minimum atomic E-state index is 1.21. The summed E-state index contributed by atoms with van der Waals surface area (Å²) in [4.78, 5) is 0. The first-order valence-electron chi connectivity index (χ1n) is 6.77. The first kappa shape index (κ1) is 13.8. The fraction of sp³-hybridized carbons (Fsp3) is 0.500. The zero-order chi connectivity index (χ0) is 12.7. The van der Waals surface area contributed by atoms with Crippen molar-refractivity contribution in [1.82, 2.24) is 4.57 Å². The number of rotatable bonds is 3. The lowest BCUT2D eigenvalue weighted by Gasteiger charge is -1.96. The van der Waals surface area contributed by atoms with Gasteiger partial charge in [-0.25, -0.2) is 0 Å². The number of fused-ring (bicyclic) bond motifs is 1. The van der Waals surface area contributed by atoms with E-state index in [1.54, 1.807) is 0 Å². The van der Waals surface area contributed by atoms with Crippen molar-refractivity contribution in [2.45, 2.75) is 46.5 Å². The fourth-order valence-corrected chi connectivity index (χ4v) is 1.99. The SMILES string of the molecule is CCC.CCCCc1cn(C)c2ccccc12. The van der Waals surface area contributed by atoms with Crippen LogP contribution in [0.1, 0.15) is 45.6 Å². The lowest BCUT2D eigenvalue weighted by atomic mass is 10.1. The van der Waals surface area contributed by atoms with Crippen LogP contribution in [-0.4, -0.2) is 4.57 Å². The number of hydrogen-bond donors (Lipinski definition) is 0. The molecule has 1 nitrogen and oxygen atoms in total. The highest BCUT2D eigenvalue weighted by atomic mass is 14.9. The Hall–Kier alpha value is -1.24. The molecule has 1 aromatic carbocycles. The minimum absolute atomic E-state index is 1.21. The summed E-state index contributed by atoms with van der Waals surface area (Å²) in [5.74, 6) is 0. The van der Waals surface area contributed by atoms with Gasteiger partial charge in [-0.2, -0.15) is 0 Å². The molecule has 1 heterocycles. The third kappa shape index (κ3) is 3.62.